The highest BCUT2D eigenvalue weighted by Crippen LogP contribution is 2.05. The first-order valence-electron chi connectivity index (χ1n) is 3.75. The second-order valence-corrected chi connectivity index (χ2v) is 3.03. The van der Waals surface area contributed by atoms with Gasteiger partial charge in [-0.1, -0.05) is 30.3 Å². The summed E-state index contributed by atoms with van der Waals surface area (Å²) in [4.78, 5) is 1.94. The zero-order valence-electron chi connectivity index (χ0n) is 7.12. The Hall–Kier alpha value is 0.0500. The first-order valence-corrected chi connectivity index (χ1v) is 4.82. The molecule has 0 unspecified atom stereocenters. The third-order valence-corrected chi connectivity index (χ3v) is 2.26. The highest BCUT2D eigenvalue weighted by Gasteiger charge is 2.00. The van der Waals surface area contributed by atoms with Crippen LogP contribution < -0.4 is 0 Å². The van der Waals surface area contributed by atoms with Crippen molar-refractivity contribution in [3.63, 3.8) is 0 Å². The summed E-state index contributed by atoms with van der Waals surface area (Å²) >= 11 is 11.3. The van der Waals surface area contributed by atoms with Crippen LogP contribution in [0, 0.1) is 0 Å². The van der Waals surface area contributed by atoms with Crippen LogP contribution in [0.15, 0.2) is 30.3 Å². The van der Waals surface area contributed by atoms with E-state index in [1.807, 2.05) is 23.1 Å². The molecule has 0 aliphatic heterocycles. The first kappa shape index (κ1) is 13.1. The second-order valence-electron chi connectivity index (χ2n) is 2.55. The quantitative estimate of drug-likeness (QED) is 0.577. The first-order chi connectivity index (χ1) is 5.86. The molecule has 1 nitrogen and oxygen atoms in total. The van der Waals surface area contributed by atoms with Crippen LogP contribution in [0.5, 0.6) is 0 Å². The zero-order chi connectivity index (χ0) is 8.81. The summed E-state index contributed by atoms with van der Waals surface area (Å²) in [6.45, 7) is 0.813. The van der Waals surface area contributed by atoms with E-state index in [1.54, 1.807) is 0 Å². The molecule has 0 radical (unpaired) electrons. The van der Waals surface area contributed by atoms with Gasteiger partial charge in [-0.2, -0.15) is 0 Å². The minimum absolute atomic E-state index is 0. The Bertz CT molecular complexity index is 211. The van der Waals surface area contributed by atoms with E-state index in [-0.39, 0.29) is 12.4 Å². The Balaban J connectivity index is 0.00000144. The van der Waals surface area contributed by atoms with Gasteiger partial charge in [0, 0.05) is 6.54 Å². The van der Waals surface area contributed by atoms with Gasteiger partial charge in [0.05, 0.1) is 12.0 Å². The van der Waals surface area contributed by atoms with Crippen molar-refractivity contribution in [2.45, 2.75) is 6.54 Å². The van der Waals surface area contributed by atoms with Gasteiger partial charge < -0.3 is 0 Å². The Morgan fingerprint density at radius 1 is 1.00 bits per heavy atom. The number of alkyl halides is 2. The molecule has 1 rings (SSSR count). The summed E-state index contributed by atoms with van der Waals surface area (Å²) in [5.74, 6) is 0. The Labute approximate surface area is 95.0 Å². The van der Waals surface area contributed by atoms with Gasteiger partial charge in [-0.05, 0) is 5.56 Å². The van der Waals surface area contributed by atoms with Crippen LogP contribution in [0.25, 0.3) is 0 Å². The van der Waals surface area contributed by atoms with E-state index in [1.165, 1.54) is 5.56 Å². The number of rotatable bonds is 4. The highest BCUT2D eigenvalue weighted by molar-refractivity contribution is 6.19. The lowest BCUT2D eigenvalue weighted by Crippen LogP contribution is -2.19. The van der Waals surface area contributed by atoms with E-state index in [0.717, 1.165) is 6.54 Å². The Kier molecular flexibility index (Phi) is 7.48. The molecule has 0 saturated heterocycles. The molecule has 13 heavy (non-hydrogen) atoms. The van der Waals surface area contributed by atoms with Crippen LogP contribution in [0.3, 0.4) is 0 Å². The molecule has 0 aliphatic carbocycles. The van der Waals surface area contributed by atoms with Crippen LogP contribution in [-0.4, -0.2) is 16.9 Å². The second kappa shape index (κ2) is 7.45. The van der Waals surface area contributed by atoms with Gasteiger partial charge in [0.1, 0.15) is 0 Å². The molecule has 1 aromatic carbocycles. The lowest BCUT2D eigenvalue weighted by Gasteiger charge is -2.14. The lowest BCUT2D eigenvalue weighted by molar-refractivity contribution is 0.363. The summed E-state index contributed by atoms with van der Waals surface area (Å²) in [5, 5.41) is 0. The summed E-state index contributed by atoms with van der Waals surface area (Å²) in [5.41, 5.74) is 1.24. The maximum Gasteiger partial charge on any atom is 0.0750 e. The standard InChI is InChI=1S/C9H11Cl2N.ClH/c10-7-12(8-11)6-9-4-2-1-3-5-9;/h1-5H,6-8H2;1H. The largest absolute Gasteiger partial charge is 0.272 e. The van der Waals surface area contributed by atoms with Crippen molar-refractivity contribution < 1.29 is 0 Å². The van der Waals surface area contributed by atoms with Crippen LogP contribution in [0.4, 0.5) is 0 Å². The molecular weight excluding hydrogens is 228 g/mol. The van der Waals surface area contributed by atoms with E-state index in [2.05, 4.69) is 12.1 Å². The average molecular weight is 241 g/mol. The fourth-order valence-corrected chi connectivity index (χ4v) is 1.38. The molecule has 0 saturated carbocycles. The third-order valence-electron chi connectivity index (χ3n) is 1.59. The van der Waals surface area contributed by atoms with Crippen LogP contribution >= 0.6 is 35.6 Å². The van der Waals surface area contributed by atoms with Gasteiger partial charge in [-0.3, -0.25) is 4.90 Å². The zero-order valence-corrected chi connectivity index (χ0v) is 9.45. The fraction of sp³-hybridized carbons (Fsp3) is 0.333. The van der Waals surface area contributed by atoms with E-state index < -0.39 is 0 Å². The van der Waals surface area contributed by atoms with Crippen molar-refractivity contribution in [2.75, 3.05) is 12.0 Å². The number of hydrogen-bond donors (Lipinski definition) is 0. The van der Waals surface area contributed by atoms with Gasteiger partial charge >= 0.3 is 0 Å². The van der Waals surface area contributed by atoms with Crippen molar-refractivity contribution in [1.29, 1.82) is 0 Å². The van der Waals surface area contributed by atoms with Gasteiger partial charge in [0.2, 0.25) is 0 Å². The van der Waals surface area contributed by atoms with Crippen LogP contribution in [0.2, 0.25) is 0 Å². The van der Waals surface area contributed by atoms with Crippen molar-refractivity contribution in [1.82, 2.24) is 4.90 Å². The molecular formula is C9H12Cl3N. The Morgan fingerprint density at radius 3 is 2.00 bits per heavy atom. The predicted molar refractivity (Wildman–Crippen MR) is 60.7 cm³/mol. The smallest absolute Gasteiger partial charge is 0.0750 e. The van der Waals surface area contributed by atoms with Crippen molar-refractivity contribution in [3.8, 4) is 0 Å². The SMILES string of the molecule is Cl.ClCN(CCl)Cc1ccccc1. The fourth-order valence-electron chi connectivity index (χ4n) is 0.958. The molecule has 0 aromatic heterocycles. The number of benzene rings is 1. The number of hydrogen-bond acceptors (Lipinski definition) is 1. The maximum absolute atomic E-state index is 5.66. The summed E-state index contributed by atoms with van der Waals surface area (Å²) in [6.07, 6.45) is 0. The monoisotopic (exact) mass is 239 g/mol. The highest BCUT2D eigenvalue weighted by atomic mass is 35.5. The molecule has 4 heteroatoms. The van der Waals surface area contributed by atoms with Gasteiger partial charge in [-0.25, -0.2) is 0 Å². The minimum atomic E-state index is 0. The molecule has 74 valence electrons. The average Bonchev–Trinajstić information content (AvgIpc) is 2.16. The van der Waals surface area contributed by atoms with Crippen LogP contribution in [0.1, 0.15) is 5.56 Å². The van der Waals surface area contributed by atoms with E-state index in [4.69, 9.17) is 23.2 Å². The normalized spacial score (nSPS) is 9.77. The van der Waals surface area contributed by atoms with E-state index in [0.29, 0.717) is 12.0 Å². The summed E-state index contributed by atoms with van der Waals surface area (Å²) in [7, 11) is 0. The topological polar surface area (TPSA) is 3.24 Å². The molecule has 1 aromatic rings. The molecule has 0 atom stereocenters. The van der Waals surface area contributed by atoms with Crippen molar-refractivity contribution in [3.05, 3.63) is 35.9 Å². The summed E-state index contributed by atoms with van der Waals surface area (Å²) < 4.78 is 0. The van der Waals surface area contributed by atoms with Crippen molar-refractivity contribution >= 4 is 35.6 Å². The lowest BCUT2D eigenvalue weighted by atomic mass is 10.2. The van der Waals surface area contributed by atoms with Gasteiger partial charge in [-0.15, -0.1) is 35.6 Å². The molecule has 0 bridgehead atoms. The Morgan fingerprint density at radius 2 is 1.54 bits per heavy atom. The molecule has 0 amide bonds. The van der Waals surface area contributed by atoms with Crippen molar-refractivity contribution in [2.24, 2.45) is 0 Å². The minimum Gasteiger partial charge on any atom is -0.272 e. The third kappa shape index (κ3) is 4.72. The van der Waals surface area contributed by atoms with Gasteiger partial charge in [0.15, 0.2) is 0 Å². The molecule has 0 aliphatic rings. The van der Waals surface area contributed by atoms with Gasteiger partial charge in [0.25, 0.3) is 0 Å². The number of halogens is 3. The van der Waals surface area contributed by atoms with E-state index in [9.17, 15) is 0 Å². The molecule has 0 spiro atoms. The van der Waals surface area contributed by atoms with E-state index >= 15 is 0 Å². The molecule has 0 N–H and O–H groups in total. The predicted octanol–water partition coefficient (Wildman–Crippen LogP) is 3.30. The molecule has 0 fully saturated rings. The van der Waals surface area contributed by atoms with Crippen LogP contribution in [-0.2, 0) is 6.54 Å². The number of nitrogens with zero attached hydrogens (tertiary/aromatic N) is 1. The summed E-state index contributed by atoms with van der Waals surface area (Å²) in [6, 6.07) is 11.1. The maximum atomic E-state index is 5.66. The molecule has 0 heterocycles.